The molecule has 10 nitrogen and oxygen atoms in total. The second kappa shape index (κ2) is 10.1. The molecule has 2 aromatic carbocycles. The van der Waals surface area contributed by atoms with Gasteiger partial charge in [0.15, 0.2) is 9.84 Å². The summed E-state index contributed by atoms with van der Waals surface area (Å²) in [4.78, 5) is 15.0. The van der Waals surface area contributed by atoms with Crippen LogP contribution in [0.25, 0.3) is 0 Å². The molecule has 0 aliphatic rings. The first-order valence-corrected chi connectivity index (χ1v) is 14.5. The topological polar surface area (TPSA) is 180 Å². The van der Waals surface area contributed by atoms with Gasteiger partial charge in [0.1, 0.15) is 0 Å². The number of hydrogen-bond donors (Lipinski definition) is 5. The van der Waals surface area contributed by atoms with Gasteiger partial charge in [-0.15, -0.1) is 11.3 Å². The van der Waals surface area contributed by atoms with Crippen LogP contribution in [0.2, 0.25) is 0 Å². The van der Waals surface area contributed by atoms with Crippen LogP contribution in [-0.2, 0) is 24.1 Å². The molecule has 1 aromatic heterocycles. The number of para-hydroxylation sites is 1. The number of phenolic OH excluding ortho intramolecular Hbond substituents is 1. The Morgan fingerprint density at radius 3 is 2.35 bits per heavy atom. The number of benzene rings is 2. The van der Waals surface area contributed by atoms with E-state index in [1.807, 2.05) is 0 Å². The number of nitrogen functional groups attached to an aromatic ring is 1. The zero-order chi connectivity index (χ0) is 23.2. The van der Waals surface area contributed by atoms with Crippen LogP contribution in [0.3, 0.4) is 0 Å². The van der Waals surface area contributed by atoms with Crippen molar-refractivity contribution in [3.8, 4) is 5.75 Å². The number of thiazole rings is 1. The molecule has 166 valence electrons. The van der Waals surface area contributed by atoms with Gasteiger partial charge in [0.25, 0.3) is 0 Å². The Hall–Kier alpha value is -2.63. The molecule has 0 fully saturated rings. The van der Waals surface area contributed by atoms with Gasteiger partial charge in [0.2, 0.25) is 0 Å². The van der Waals surface area contributed by atoms with E-state index in [1.54, 1.807) is 23.0 Å². The number of amides is 1. The number of aromatic hydroxyl groups is 1. The Morgan fingerprint density at radius 2 is 1.84 bits per heavy atom. The third kappa shape index (κ3) is 7.23. The molecule has 0 aliphatic carbocycles. The van der Waals surface area contributed by atoms with Crippen LogP contribution in [0, 0.1) is 0 Å². The number of carbonyl (C=O) groups is 1. The van der Waals surface area contributed by atoms with E-state index in [2.05, 4.69) is 10.3 Å². The van der Waals surface area contributed by atoms with Crippen LogP contribution in [0.5, 0.6) is 5.75 Å². The number of nitrogens with zero attached hydrogens (tertiary/aromatic N) is 1. The first-order valence-electron chi connectivity index (χ1n) is 8.51. The minimum absolute atomic E-state index is 0.0690. The summed E-state index contributed by atoms with van der Waals surface area (Å²) in [6.07, 6.45) is 0. The molecule has 3 aromatic rings. The molecule has 1 heterocycles. The third-order valence-electron chi connectivity index (χ3n) is 3.70. The van der Waals surface area contributed by atoms with Crippen LogP contribution in [-0.4, -0.2) is 46.8 Å². The van der Waals surface area contributed by atoms with Gasteiger partial charge in [-0.1, -0.05) is 0 Å². The molecule has 0 saturated carbocycles. The maximum Gasteiger partial charge on any atom is 0.184 e. The van der Waals surface area contributed by atoms with Crippen LogP contribution in [0.15, 0.2) is 58.3 Å². The van der Waals surface area contributed by atoms with Crippen molar-refractivity contribution in [3.63, 3.8) is 0 Å². The molecule has 13 heteroatoms. The fourth-order valence-electron chi connectivity index (χ4n) is 2.34. The van der Waals surface area contributed by atoms with Gasteiger partial charge in [-0.25, -0.2) is 13.4 Å². The molecule has 1 amide bonds. The van der Waals surface area contributed by atoms with Gasteiger partial charge < -0.3 is 5.73 Å². The molecule has 3 rings (SSSR count). The van der Waals surface area contributed by atoms with E-state index in [0.717, 1.165) is 0 Å². The number of anilines is 2. The molecule has 0 aliphatic heterocycles. The van der Waals surface area contributed by atoms with Crippen molar-refractivity contribution in [2.24, 2.45) is 0 Å². The first-order chi connectivity index (χ1) is 14.4. The number of rotatable bonds is 5. The Morgan fingerprint density at radius 1 is 1.19 bits per heavy atom. The molecule has 0 saturated heterocycles. The quantitative estimate of drug-likeness (QED) is 0.180. The summed E-state index contributed by atoms with van der Waals surface area (Å²) in [6, 6.07) is 9.89. The van der Waals surface area contributed by atoms with E-state index in [4.69, 9.17) is 13.9 Å². The number of nitrogens with two attached hydrogens (primary N) is 1. The zero-order valence-corrected chi connectivity index (χ0v) is 19.7. The van der Waals surface area contributed by atoms with Crippen LogP contribution >= 0.6 is 11.3 Å². The Labute approximate surface area is 185 Å². The average molecular weight is 529 g/mol. The normalized spacial score (nSPS) is 11.3. The number of nitrogens with one attached hydrogen (secondary N) is 1. The largest absolute Gasteiger partial charge is 0.399 e. The molecule has 6 N–H and O–H groups in total. The summed E-state index contributed by atoms with van der Waals surface area (Å²) in [7, 11) is -3.31. The summed E-state index contributed by atoms with van der Waals surface area (Å²) in [5.41, 5.74) is 8.01. The van der Waals surface area contributed by atoms with Gasteiger partial charge in [0.05, 0.1) is 21.9 Å². The second-order valence-corrected chi connectivity index (χ2v) is 12.2. The number of sulfone groups is 1. The average Bonchev–Trinajstić information content (AvgIpc) is 3.15. The van der Waals surface area contributed by atoms with Crippen molar-refractivity contribution >= 4 is 57.0 Å². The molecule has 0 atom stereocenters. The second-order valence-electron chi connectivity index (χ2n) is 6.20. The number of aromatic nitrogens is 1. The standard InChI is InChI=1S/C10H10N2O2S2.C8H10AsNO5/c11-8-1-3-10(4-2-8)16(13,14)6-9-5-15-7-12-9;1-5(11)10-8-6(9(13,14)15)3-2-4-7(8)12/h1-5,7H,6,11H2;2-4,12H,1H3,(H,10,11)(H2,13,14,15). The fourth-order valence-corrected chi connectivity index (χ4v) is 5.82. The van der Waals surface area contributed by atoms with E-state index in [9.17, 15) is 22.1 Å². The maximum absolute atomic E-state index is 11.9. The van der Waals surface area contributed by atoms with Crippen molar-refractivity contribution in [2.75, 3.05) is 11.1 Å². The summed E-state index contributed by atoms with van der Waals surface area (Å²) in [6.45, 7) is 1.18. The molecule has 0 bridgehead atoms. The fraction of sp³-hybridized carbons (Fsp3) is 0.111. The predicted octanol–water partition coefficient (Wildman–Crippen LogP) is 0.611. The maximum atomic E-state index is 11.9. The van der Waals surface area contributed by atoms with E-state index >= 15 is 0 Å². The van der Waals surface area contributed by atoms with Crippen molar-refractivity contribution in [2.45, 2.75) is 17.6 Å². The van der Waals surface area contributed by atoms with Crippen molar-refractivity contribution in [1.82, 2.24) is 4.98 Å². The predicted molar refractivity (Wildman–Crippen MR) is 117 cm³/mol. The summed E-state index contributed by atoms with van der Waals surface area (Å²) < 4.78 is 52.6. The smallest absolute Gasteiger partial charge is 0.184 e. The molecule has 0 unspecified atom stereocenters. The number of phenols is 1. The van der Waals surface area contributed by atoms with Crippen LogP contribution in [0.1, 0.15) is 12.6 Å². The van der Waals surface area contributed by atoms with Crippen molar-refractivity contribution in [3.05, 3.63) is 59.0 Å². The molecular weight excluding hydrogens is 509 g/mol. The molecule has 31 heavy (non-hydrogen) atoms. The monoisotopic (exact) mass is 529 g/mol. The van der Waals surface area contributed by atoms with Gasteiger partial charge in [0, 0.05) is 11.1 Å². The Bertz CT molecular complexity index is 1190. The molecule has 0 spiro atoms. The van der Waals surface area contributed by atoms with Gasteiger partial charge in [-0.05, 0) is 24.3 Å². The van der Waals surface area contributed by atoms with Gasteiger partial charge in [-0.3, -0.25) is 0 Å². The minimum atomic E-state index is -5.14. The summed E-state index contributed by atoms with van der Waals surface area (Å²) in [5, 5.41) is 13.3. The van der Waals surface area contributed by atoms with E-state index in [-0.39, 0.29) is 26.4 Å². The van der Waals surface area contributed by atoms with Crippen molar-refractivity contribution < 1.29 is 30.2 Å². The Balaban J connectivity index is 0.000000221. The Kier molecular flexibility index (Phi) is 8.04. The van der Waals surface area contributed by atoms with Gasteiger partial charge in [-0.2, -0.15) is 0 Å². The van der Waals surface area contributed by atoms with E-state index < -0.39 is 29.9 Å². The van der Waals surface area contributed by atoms with Crippen LogP contribution in [0.4, 0.5) is 11.4 Å². The SMILES string of the molecule is CC(=O)Nc1c(O)cccc1[As](=O)(O)O.Nc1ccc(S(=O)(=O)Cc2cscn2)cc1. The number of carbonyl (C=O) groups excluding carboxylic acids is 1. The van der Waals surface area contributed by atoms with Crippen molar-refractivity contribution in [1.29, 1.82) is 0 Å². The van der Waals surface area contributed by atoms with E-state index in [1.165, 1.54) is 48.6 Å². The van der Waals surface area contributed by atoms with Gasteiger partial charge >= 0.3 is 88.1 Å². The molecule has 0 radical (unpaired) electrons. The minimum Gasteiger partial charge on any atom is -0.399 e. The van der Waals surface area contributed by atoms with Crippen LogP contribution < -0.4 is 15.4 Å². The molecular formula is C18H20AsN3O7S2. The first kappa shape index (κ1) is 24.6. The van der Waals surface area contributed by atoms with E-state index in [0.29, 0.717) is 11.4 Å². The summed E-state index contributed by atoms with van der Waals surface area (Å²) in [5.74, 6) is -0.949. The third-order valence-corrected chi connectivity index (χ3v) is 8.10. The summed E-state index contributed by atoms with van der Waals surface area (Å²) >= 11 is -3.76. The number of hydrogen-bond acceptors (Lipinski definition) is 8. The zero-order valence-electron chi connectivity index (χ0n) is 16.2.